The number of amides is 4. The Morgan fingerprint density at radius 3 is 2.53 bits per heavy atom. The first-order chi connectivity index (χ1) is 17.2. The van der Waals surface area contributed by atoms with E-state index in [9.17, 15) is 18.8 Å². The molecule has 1 aliphatic heterocycles. The summed E-state index contributed by atoms with van der Waals surface area (Å²) in [4.78, 5) is 38.2. The van der Waals surface area contributed by atoms with Gasteiger partial charge in [-0.25, -0.2) is 9.18 Å². The Bertz CT molecular complexity index is 1400. The van der Waals surface area contributed by atoms with E-state index in [0.717, 1.165) is 4.90 Å². The molecular formula is C25H17Cl3FN3O4. The molecule has 1 heterocycles. The summed E-state index contributed by atoms with van der Waals surface area (Å²) in [5.41, 5.74) is 1.17. The van der Waals surface area contributed by atoms with Crippen LogP contribution in [0, 0.1) is 5.82 Å². The van der Waals surface area contributed by atoms with Gasteiger partial charge in [0.05, 0.1) is 17.3 Å². The smallest absolute Gasteiger partial charge is 0.329 e. The van der Waals surface area contributed by atoms with Gasteiger partial charge in [-0.1, -0.05) is 59.1 Å². The fourth-order valence-corrected chi connectivity index (χ4v) is 4.03. The molecule has 3 aromatic carbocycles. The van der Waals surface area contributed by atoms with Gasteiger partial charge in [-0.05, 0) is 53.6 Å². The minimum atomic E-state index is -0.593. The number of urea groups is 1. The van der Waals surface area contributed by atoms with Gasteiger partial charge in [-0.2, -0.15) is 0 Å². The lowest BCUT2D eigenvalue weighted by molar-refractivity contribution is -0.123. The minimum absolute atomic E-state index is 0.0273. The third-order valence-corrected chi connectivity index (χ3v) is 5.96. The maximum Gasteiger partial charge on any atom is 0.329 e. The first-order valence-corrected chi connectivity index (χ1v) is 11.6. The van der Waals surface area contributed by atoms with E-state index in [1.54, 1.807) is 24.3 Å². The second-order valence-corrected chi connectivity index (χ2v) is 8.87. The lowest BCUT2D eigenvalue weighted by Gasteiger charge is -2.13. The third kappa shape index (κ3) is 5.96. The highest BCUT2D eigenvalue weighted by molar-refractivity contribution is 6.35. The van der Waals surface area contributed by atoms with Gasteiger partial charge < -0.3 is 15.4 Å². The van der Waals surface area contributed by atoms with Crippen LogP contribution in [-0.4, -0.2) is 29.4 Å². The van der Waals surface area contributed by atoms with Gasteiger partial charge in [0.25, 0.3) is 11.8 Å². The molecule has 0 saturated carbocycles. The molecule has 0 radical (unpaired) electrons. The van der Waals surface area contributed by atoms with Crippen molar-refractivity contribution in [2.75, 3.05) is 11.9 Å². The Balaban J connectivity index is 1.40. The van der Waals surface area contributed by atoms with Crippen molar-refractivity contribution >= 4 is 64.4 Å². The second kappa shape index (κ2) is 11.0. The van der Waals surface area contributed by atoms with Crippen LogP contribution < -0.4 is 15.4 Å². The van der Waals surface area contributed by atoms with Gasteiger partial charge in [-0.15, -0.1) is 0 Å². The van der Waals surface area contributed by atoms with Crippen molar-refractivity contribution in [3.05, 3.63) is 98.4 Å². The highest BCUT2D eigenvalue weighted by Crippen LogP contribution is 2.28. The summed E-state index contributed by atoms with van der Waals surface area (Å²) in [6.07, 6.45) is 1.46. The summed E-state index contributed by atoms with van der Waals surface area (Å²) in [5.74, 6) is -1.46. The standard InChI is InChI=1S/C25H17Cl3FN3O4/c26-16-7-6-15(17(27)11-16)12-32-24(34)21(31-25(32)35)10-14-5-8-22(18(28)9-14)36-13-23(33)30-20-4-2-1-3-19(20)29/h1-11H,12-13H2,(H,30,33)(H,31,35)/b21-10-. The first kappa shape index (κ1) is 25.5. The van der Waals surface area contributed by atoms with Crippen molar-refractivity contribution in [3.8, 4) is 5.75 Å². The number of imide groups is 1. The second-order valence-electron chi connectivity index (χ2n) is 7.62. The van der Waals surface area contributed by atoms with E-state index >= 15 is 0 Å². The Morgan fingerprint density at radius 1 is 1.03 bits per heavy atom. The van der Waals surface area contributed by atoms with Crippen LogP contribution in [0.1, 0.15) is 11.1 Å². The van der Waals surface area contributed by atoms with Crippen molar-refractivity contribution in [3.63, 3.8) is 0 Å². The predicted octanol–water partition coefficient (Wildman–Crippen LogP) is 5.90. The van der Waals surface area contributed by atoms with Crippen molar-refractivity contribution in [1.82, 2.24) is 10.2 Å². The highest BCUT2D eigenvalue weighted by Gasteiger charge is 2.33. The number of halogens is 4. The number of hydrogen-bond donors (Lipinski definition) is 2. The molecule has 1 aliphatic rings. The van der Waals surface area contributed by atoms with E-state index in [2.05, 4.69) is 10.6 Å². The maximum absolute atomic E-state index is 13.7. The van der Waals surface area contributed by atoms with Crippen LogP contribution in [0.15, 0.2) is 66.4 Å². The summed E-state index contributed by atoms with van der Waals surface area (Å²) in [5, 5.41) is 5.88. The molecule has 184 valence electrons. The topological polar surface area (TPSA) is 87.7 Å². The van der Waals surface area contributed by atoms with Crippen LogP contribution in [0.25, 0.3) is 6.08 Å². The average molecular weight is 549 g/mol. The zero-order chi connectivity index (χ0) is 25.8. The molecule has 11 heteroatoms. The first-order valence-electron chi connectivity index (χ1n) is 10.5. The van der Waals surface area contributed by atoms with Gasteiger partial charge in [0.2, 0.25) is 0 Å². The van der Waals surface area contributed by atoms with Gasteiger partial charge in [0.1, 0.15) is 17.3 Å². The summed E-state index contributed by atoms with van der Waals surface area (Å²) < 4.78 is 19.1. The molecule has 36 heavy (non-hydrogen) atoms. The molecule has 4 amide bonds. The van der Waals surface area contributed by atoms with Gasteiger partial charge in [-0.3, -0.25) is 14.5 Å². The number of para-hydroxylation sites is 1. The van der Waals surface area contributed by atoms with E-state index < -0.39 is 30.3 Å². The van der Waals surface area contributed by atoms with Crippen LogP contribution in [0.2, 0.25) is 15.1 Å². The monoisotopic (exact) mass is 547 g/mol. The van der Waals surface area contributed by atoms with Crippen LogP contribution in [0.3, 0.4) is 0 Å². The number of nitrogens with one attached hydrogen (secondary N) is 2. The highest BCUT2D eigenvalue weighted by atomic mass is 35.5. The Labute approximate surface area is 220 Å². The molecule has 7 nitrogen and oxygen atoms in total. The molecule has 0 atom stereocenters. The Kier molecular flexibility index (Phi) is 7.79. The van der Waals surface area contributed by atoms with Crippen molar-refractivity contribution in [1.29, 1.82) is 0 Å². The van der Waals surface area contributed by atoms with Gasteiger partial charge in [0.15, 0.2) is 6.61 Å². The molecule has 0 aromatic heterocycles. The predicted molar refractivity (Wildman–Crippen MR) is 135 cm³/mol. The van der Waals surface area contributed by atoms with Crippen LogP contribution in [0.4, 0.5) is 14.9 Å². The zero-order valence-corrected chi connectivity index (χ0v) is 20.6. The quantitative estimate of drug-likeness (QED) is 0.284. The van der Waals surface area contributed by atoms with Crippen LogP contribution in [0.5, 0.6) is 5.75 Å². The lowest BCUT2D eigenvalue weighted by Crippen LogP contribution is -2.30. The van der Waals surface area contributed by atoms with E-state index in [1.807, 2.05) is 0 Å². The number of hydrogen-bond acceptors (Lipinski definition) is 4. The third-order valence-electron chi connectivity index (χ3n) is 5.08. The molecule has 1 fully saturated rings. The van der Waals surface area contributed by atoms with Gasteiger partial charge in [0, 0.05) is 10.0 Å². The summed E-state index contributed by atoms with van der Waals surface area (Å²) in [7, 11) is 0. The molecule has 3 aromatic rings. The fraction of sp³-hybridized carbons (Fsp3) is 0.0800. The Morgan fingerprint density at radius 2 is 1.81 bits per heavy atom. The minimum Gasteiger partial charge on any atom is -0.482 e. The molecule has 2 N–H and O–H groups in total. The molecular weight excluding hydrogens is 532 g/mol. The number of carbonyl (C=O) groups excluding carboxylic acids is 3. The molecule has 0 aliphatic carbocycles. The average Bonchev–Trinajstić information content (AvgIpc) is 3.09. The Hall–Kier alpha value is -3.59. The van der Waals surface area contributed by atoms with E-state index in [0.29, 0.717) is 21.2 Å². The number of anilines is 1. The van der Waals surface area contributed by atoms with Crippen LogP contribution in [-0.2, 0) is 16.1 Å². The van der Waals surface area contributed by atoms with E-state index in [4.69, 9.17) is 39.5 Å². The van der Waals surface area contributed by atoms with Crippen molar-refractivity contribution < 1.29 is 23.5 Å². The van der Waals surface area contributed by atoms with Gasteiger partial charge >= 0.3 is 6.03 Å². The van der Waals surface area contributed by atoms with Crippen molar-refractivity contribution in [2.24, 2.45) is 0 Å². The lowest BCUT2D eigenvalue weighted by atomic mass is 10.1. The zero-order valence-electron chi connectivity index (χ0n) is 18.4. The van der Waals surface area contributed by atoms with Crippen molar-refractivity contribution in [2.45, 2.75) is 6.54 Å². The molecule has 0 spiro atoms. The SMILES string of the molecule is O=C(COc1ccc(/C=C2\NC(=O)N(Cc3ccc(Cl)cc3Cl)C2=O)cc1Cl)Nc1ccccc1F. The molecule has 0 unspecified atom stereocenters. The normalized spacial score (nSPS) is 14.2. The summed E-state index contributed by atoms with van der Waals surface area (Å²) in [6.45, 7) is -0.425. The fourth-order valence-electron chi connectivity index (χ4n) is 3.32. The summed E-state index contributed by atoms with van der Waals surface area (Å²) >= 11 is 18.3. The largest absolute Gasteiger partial charge is 0.482 e. The maximum atomic E-state index is 13.7. The number of ether oxygens (including phenoxy) is 1. The number of carbonyl (C=O) groups is 3. The number of rotatable bonds is 7. The molecule has 0 bridgehead atoms. The van der Waals surface area contributed by atoms with E-state index in [1.165, 1.54) is 42.5 Å². The number of benzene rings is 3. The summed E-state index contributed by atoms with van der Waals surface area (Å²) in [6, 6.07) is 14.6. The van der Waals surface area contributed by atoms with E-state index in [-0.39, 0.29) is 28.7 Å². The molecule has 1 saturated heterocycles. The molecule has 4 rings (SSSR count). The van der Waals surface area contributed by atoms with Crippen LogP contribution >= 0.6 is 34.8 Å². The number of nitrogens with zero attached hydrogens (tertiary/aromatic N) is 1.